The van der Waals surface area contributed by atoms with Gasteiger partial charge >= 0.3 is 7.12 Å². The van der Waals surface area contributed by atoms with Crippen molar-refractivity contribution < 1.29 is 10.0 Å². The Kier molecular flexibility index (Phi) is 11.2. The van der Waals surface area contributed by atoms with Gasteiger partial charge in [-0.1, -0.05) is 155 Å². The lowest BCUT2D eigenvalue weighted by atomic mass is 9.81. The van der Waals surface area contributed by atoms with Crippen molar-refractivity contribution in [3.05, 3.63) is 184 Å². The molecule has 3 nitrogen and oxygen atoms in total. The van der Waals surface area contributed by atoms with Gasteiger partial charge in [-0.25, -0.2) is 0 Å². The van der Waals surface area contributed by atoms with Gasteiger partial charge in [-0.2, -0.15) is 0 Å². The van der Waals surface area contributed by atoms with Crippen LogP contribution < -0.4 is 5.46 Å². The van der Waals surface area contributed by atoms with Crippen LogP contribution >= 0.6 is 31.9 Å². The highest BCUT2D eigenvalue weighted by molar-refractivity contribution is 9.10. The largest absolute Gasteiger partial charge is 0.488 e. The van der Waals surface area contributed by atoms with Gasteiger partial charge < -0.3 is 15.0 Å². The van der Waals surface area contributed by atoms with Crippen LogP contribution in [-0.2, 0) is 6.42 Å². The maximum Gasteiger partial charge on any atom is 0.488 e. The third kappa shape index (κ3) is 7.85. The molecule has 3 N–H and O–H groups in total. The second-order valence-electron chi connectivity index (χ2n) is 11.9. The van der Waals surface area contributed by atoms with Gasteiger partial charge in [0.05, 0.1) is 0 Å². The molecule has 1 aromatic heterocycles. The molecule has 50 heavy (non-hydrogen) atoms. The van der Waals surface area contributed by atoms with Crippen molar-refractivity contribution in [3.63, 3.8) is 0 Å². The molecule has 1 aliphatic carbocycles. The quantitative estimate of drug-likeness (QED) is 0.156. The van der Waals surface area contributed by atoms with E-state index < -0.39 is 7.12 Å². The fourth-order valence-corrected chi connectivity index (χ4v) is 6.98. The topological polar surface area (TPSA) is 56.2 Å². The minimum absolute atomic E-state index is 0. The highest BCUT2D eigenvalue weighted by Gasteiger charge is 2.19. The molecule has 7 aromatic carbocycles. The summed E-state index contributed by atoms with van der Waals surface area (Å²) in [5.74, 6) is 0. The second-order valence-corrected chi connectivity index (χ2v) is 13.8. The van der Waals surface area contributed by atoms with Crippen molar-refractivity contribution in [1.29, 1.82) is 0 Å². The second kappa shape index (κ2) is 15.9. The molecule has 0 saturated carbocycles. The first-order valence-corrected chi connectivity index (χ1v) is 17.7. The highest BCUT2D eigenvalue weighted by atomic mass is 79.9. The summed E-state index contributed by atoms with van der Waals surface area (Å²) in [7, 11) is -1.34. The van der Waals surface area contributed by atoms with Gasteiger partial charge in [0.1, 0.15) is 0 Å². The van der Waals surface area contributed by atoms with Gasteiger partial charge in [0.2, 0.25) is 0 Å². The third-order valence-electron chi connectivity index (χ3n) is 8.73. The van der Waals surface area contributed by atoms with Crippen LogP contribution in [-0.4, -0.2) is 22.2 Å². The van der Waals surface area contributed by atoms with Gasteiger partial charge in [-0.05, 0) is 105 Å². The van der Waals surface area contributed by atoms with Crippen LogP contribution in [0.15, 0.2) is 173 Å². The zero-order valence-electron chi connectivity index (χ0n) is 26.5. The van der Waals surface area contributed by atoms with E-state index >= 15 is 0 Å². The van der Waals surface area contributed by atoms with Crippen LogP contribution in [0.4, 0.5) is 0 Å². The maximum absolute atomic E-state index is 8.58. The van der Waals surface area contributed by atoms with Crippen LogP contribution in [0.5, 0.6) is 0 Å². The number of fused-ring (bicyclic) bond motifs is 6. The van der Waals surface area contributed by atoms with E-state index in [1.54, 1.807) is 24.3 Å². The lowest BCUT2D eigenvalue weighted by Gasteiger charge is -2.08. The number of nitrogens with one attached hydrogen (secondary N) is 1. The number of hydrogen-bond acceptors (Lipinski definition) is 2. The molecule has 0 fully saturated rings. The number of aromatic nitrogens is 1. The van der Waals surface area contributed by atoms with E-state index in [4.69, 9.17) is 10.0 Å². The SMILES string of the molecule is Brc1ccc2[nH]c3ccc(Br)cc3c2c1.C.OB(O)c1ccccc1.c1ccc(-c2ccc3c(c2)-c2cc(-c4ccccc4)ccc2C3)cc1. The Balaban J connectivity index is 0.000000147. The van der Waals surface area contributed by atoms with Crippen LogP contribution in [0, 0.1) is 0 Å². The van der Waals surface area contributed by atoms with E-state index in [-0.39, 0.29) is 7.43 Å². The van der Waals surface area contributed by atoms with Gasteiger partial charge in [0.25, 0.3) is 0 Å². The van der Waals surface area contributed by atoms with E-state index in [9.17, 15) is 0 Å². The number of H-pyrrole nitrogens is 1. The molecule has 0 unspecified atom stereocenters. The third-order valence-corrected chi connectivity index (χ3v) is 9.71. The van der Waals surface area contributed by atoms with Crippen molar-refractivity contribution in [2.45, 2.75) is 13.8 Å². The zero-order valence-corrected chi connectivity index (χ0v) is 29.7. The van der Waals surface area contributed by atoms with Crippen molar-refractivity contribution in [3.8, 4) is 33.4 Å². The van der Waals surface area contributed by atoms with Gasteiger partial charge in [0.15, 0.2) is 0 Å². The summed E-state index contributed by atoms with van der Waals surface area (Å²) >= 11 is 6.99. The summed E-state index contributed by atoms with van der Waals surface area (Å²) in [6.07, 6.45) is 1.04. The van der Waals surface area contributed by atoms with Crippen molar-refractivity contribution in [2.75, 3.05) is 0 Å². The summed E-state index contributed by atoms with van der Waals surface area (Å²) in [5.41, 5.74) is 13.6. The average Bonchev–Trinajstić information content (AvgIpc) is 3.70. The van der Waals surface area contributed by atoms with Crippen molar-refractivity contribution in [1.82, 2.24) is 4.98 Å². The molecule has 0 amide bonds. The molecular formula is C44H36BBr2NO2. The Bertz CT molecular complexity index is 2220. The maximum atomic E-state index is 8.58. The van der Waals surface area contributed by atoms with Crippen LogP contribution in [0.1, 0.15) is 18.6 Å². The Morgan fingerprint density at radius 3 is 1.28 bits per heavy atom. The molecule has 0 aliphatic heterocycles. The molecule has 8 aromatic rings. The molecule has 9 rings (SSSR count). The van der Waals surface area contributed by atoms with E-state index in [1.807, 2.05) is 18.2 Å². The summed E-state index contributed by atoms with van der Waals surface area (Å²) in [6, 6.07) is 56.3. The predicted molar refractivity (Wildman–Crippen MR) is 220 cm³/mol. The van der Waals surface area contributed by atoms with E-state index in [1.165, 1.54) is 66.3 Å². The lowest BCUT2D eigenvalue weighted by molar-refractivity contribution is 0.426. The Labute approximate surface area is 310 Å². The molecule has 246 valence electrons. The Morgan fingerprint density at radius 2 is 0.880 bits per heavy atom. The van der Waals surface area contributed by atoms with Crippen molar-refractivity contribution in [2.24, 2.45) is 0 Å². The van der Waals surface area contributed by atoms with Crippen LogP contribution in [0.2, 0.25) is 0 Å². The fourth-order valence-electron chi connectivity index (χ4n) is 6.26. The van der Waals surface area contributed by atoms with Gasteiger partial charge in [-0.15, -0.1) is 0 Å². The zero-order chi connectivity index (χ0) is 33.7. The highest BCUT2D eigenvalue weighted by Crippen LogP contribution is 2.41. The summed E-state index contributed by atoms with van der Waals surface area (Å²) < 4.78 is 2.21. The van der Waals surface area contributed by atoms with E-state index in [2.05, 4.69) is 158 Å². The number of halogens is 2. The first-order valence-electron chi connectivity index (χ1n) is 16.1. The number of rotatable bonds is 3. The molecule has 0 spiro atoms. The number of aromatic amines is 1. The number of benzene rings is 7. The van der Waals surface area contributed by atoms with E-state index in [0.29, 0.717) is 5.46 Å². The predicted octanol–water partition coefficient (Wildman–Crippen LogP) is 11.4. The molecule has 1 heterocycles. The molecule has 0 bridgehead atoms. The first-order chi connectivity index (χ1) is 23.9. The monoisotopic (exact) mass is 779 g/mol. The molecule has 6 heteroatoms. The molecule has 0 radical (unpaired) electrons. The smallest absolute Gasteiger partial charge is 0.423 e. The molecule has 1 aliphatic rings. The van der Waals surface area contributed by atoms with Gasteiger partial charge in [-0.3, -0.25) is 0 Å². The first kappa shape index (κ1) is 35.1. The Morgan fingerprint density at radius 1 is 0.460 bits per heavy atom. The Hall–Kier alpha value is -4.72. The molecule has 0 atom stereocenters. The normalized spacial score (nSPS) is 11.0. The minimum Gasteiger partial charge on any atom is -0.423 e. The summed E-state index contributed by atoms with van der Waals surface area (Å²) in [5, 5.41) is 19.7. The number of hydrogen-bond donors (Lipinski definition) is 3. The molecule has 0 saturated heterocycles. The van der Waals surface area contributed by atoms with Crippen LogP contribution in [0.3, 0.4) is 0 Å². The fraction of sp³-hybridized carbons (Fsp3) is 0.0455. The summed E-state index contributed by atoms with van der Waals surface area (Å²) in [6.45, 7) is 0. The van der Waals surface area contributed by atoms with Gasteiger partial charge in [0, 0.05) is 30.8 Å². The minimum atomic E-state index is -1.34. The standard InChI is InChI=1S/C25H18.C12H7Br2N.C6H7BO2.CH4/c1-3-7-18(8-4-1)20-11-13-22-15-23-14-12-21(17-25(23)24(22)16-20)19-9-5-2-6-10-19;13-7-1-3-11-9(5-7)10-6-8(14)2-4-12(10)15-11;8-7(9)6-4-2-1-3-5-6;/h1-14,16-17H,15H2;1-6,15H;1-5,8-9H;1H4. The van der Waals surface area contributed by atoms with Crippen molar-refractivity contribution >= 4 is 66.2 Å². The van der Waals surface area contributed by atoms with Crippen LogP contribution in [0.25, 0.3) is 55.2 Å². The molecular weight excluding hydrogens is 745 g/mol. The lowest BCUT2D eigenvalue weighted by Crippen LogP contribution is -2.29. The average molecular weight is 781 g/mol. The summed E-state index contributed by atoms with van der Waals surface area (Å²) in [4.78, 5) is 3.39. The van der Waals surface area contributed by atoms with E-state index in [0.717, 1.165) is 15.4 Å².